The van der Waals surface area contributed by atoms with Gasteiger partial charge in [0.05, 0.1) is 24.1 Å². The molecular weight excluding hydrogens is 346 g/mol. The lowest BCUT2D eigenvalue weighted by molar-refractivity contribution is -0.156. The van der Waals surface area contributed by atoms with Crippen LogP contribution in [0.15, 0.2) is 84.9 Å². The fraction of sp³-hybridized carbons (Fsp3) is 0.240. The molecule has 0 unspecified atom stereocenters. The molecule has 3 heteroatoms. The second-order valence-corrected chi connectivity index (χ2v) is 7.80. The van der Waals surface area contributed by atoms with Crippen LogP contribution < -0.4 is 0 Å². The summed E-state index contributed by atoms with van der Waals surface area (Å²) in [6, 6.07) is 28.8. The average molecular weight is 371 g/mol. The van der Waals surface area contributed by atoms with Crippen LogP contribution in [0.2, 0.25) is 0 Å². The van der Waals surface area contributed by atoms with E-state index in [9.17, 15) is 4.79 Å². The number of hydrogen-bond acceptors (Lipinski definition) is 3. The summed E-state index contributed by atoms with van der Waals surface area (Å²) in [6.07, 6.45) is 1.05. The van der Waals surface area contributed by atoms with Crippen molar-refractivity contribution in [1.82, 2.24) is 5.06 Å². The molecule has 0 saturated carbocycles. The Hall–Kier alpha value is -2.75. The molecule has 1 fully saturated rings. The minimum atomic E-state index is -0.615. The first kappa shape index (κ1) is 18.6. The van der Waals surface area contributed by atoms with Crippen LogP contribution in [0.5, 0.6) is 0 Å². The van der Waals surface area contributed by atoms with Crippen molar-refractivity contribution in [2.45, 2.75) is 25.9 Å². The summed E-state index contributed by atoms with van der Waals surface area (Å²) in [5.74, 6) is 0. The van der Waals surface area contributed by atoms with Gasteiger partial charge in [0, 0.05) is 0 Å². The fourth-order valence-electron chi connectivity index (χ4n) is 4.10. The van der Waals surface area contributed by atoms with Crippen molar-refractivity contribution in [2.75, 3.05) is 6.61 Å². The van der Waals surface area contributed by atoms with Crippen LogP contribution >= 0.6 is 0 Å². The van der Waals surface area contributed by atoms with E-state index in [1.807, 2.05) is 54.5 Å². The third-order valence-corrected chi connectivity index (χ3v) is 5.52. The molecule has 0 N–H and O–H groups in total. The Morgan fingerprint density at radius 3 is 2.11 bits per heavy atom. The van der Waals surface area contributed by atoms with Gasteiger partial charge in [0.15, 0.2) is 0 Å². The van der Waals surface area contributed by atoms with Gasteiger partial charge in [-0.25, -0.2) is 0 Å². The molecule has 1 aliphatic heterocycles. The topological polar surface area (TPSA) is 29.5 Å². The molecule has 1 aliphatic rings. The van der Waals surface area contributed by atoms with Gasteiger partial charge in [0.1, 0.15) is 6.29 Å². The quantitative estimate of drug-likeness (QED) is 0.572. The first-order chi connectivity index (χ1) is 13.6. The van der Waals surface area contributed by atoms with E-state index in [0.29, 0.717) is 6.61 Å². The Morgan fingerprint density at radius 2 is 1.57 bits per heavy atom. The molecule has 4 rings (SSSR count). The van der Waals surface area contributed by atoms with Gasteiger partial charge in [0.2, 0.25) is 0 Å². The van der Waals surface area contributed by atoms with Crippen molar-refractivity contribution >= 4 is 6.29 Å². The Bertz CT molecular complexity index is 902. The molecule has 28 heavy (non-hydrogen) atoms. The number of nitrogens with zero attached hydrogens (tertiary/aromatic N) is 1. The number of aryl methyl sites for hydroxylation is 1. The minimum Gasteiger partial charge on any atom is -0.303 e. The van der Waals surface area contributed by atoms with E-state index in [1.165, 1.54) is 5.56 Å². The molecular formula is C25H25NO2. The van der Waals surface area contributed by atoms with Gasteiger partial charge in [0.25, 0.3) is 0 Å². The zero-order valence-corrected chi connectivity index (χ0v) is 16.3. The second kappa shape index (κ2) is 7.70. The maximum Gasteiger partial charge on any atom is 0.130 e. The summed E-state index contributed by atoms with van der Waals surface area (Å²) >= 11 is 0. The van der Waals surface area contributed by atoms with Gasteiger partial charge in [-0.2, -0.15) is 5.06 Å². The van der Waals surface area contributed by atoms with Crippen LogP contribution in [0.3, 0.4) is 0 Å². The second-order valence-electron chi connectivity index (χ2n) is 7.80. The lowest BCUT2D eigenvalue weighted by atomic mass is 9.80. The smallest absolute Gasteiger partial charge is 0.130 e. The molecule has 1 saturated heterocycles. The van der Waals surface area contributed by atoms with Crippen molar-refractivity contribution < 1.29 is 9.63 Å². The summed E-state index contributed by atoms with van der Waals surface area (Å²) in [7, 11) is 0. The number of aldehydes is 1. The highest BCUT2D eigenvalue weighted by atomic mass is 16.7. The van der Waals surface area contributed by atoms with E-state index in [0.717, 1.165) is 23.0 Å². The predicted molar refractivity (Wildman–Crippen MR) is 111 cm³/mol. The van der Waals surface area contributed by atoms with Crippen LogP contribution in [0.4, 0.5) is 0 Å². The first-order valence-electron chi connectivity index (χ1n) is 9.66. The lowest BCUT2D eigenvalue weighted by Crippen LogP contribution is -2.34. The lowest BCUT2D eigenvalue weighted by Gasteiger charge is -2.35. The zero-order valence-electron chi connectivity index (χ0n) is 16.3. The Balaban J connectivity index is 1.86. The van der Waals surface area contributed by atoms with Crippen molar-refractivity contribution in [1.29, 1.82) is 0 Å². The molecule has 0 amide bonds. The molecule has 3 nitrogen and oxygen atoms in total. The standard InChI is InChI=1S/C25H25NO2/c1-19-10-9-15-22(16-19)24-25(2,17-27)18-28-26(24)23(20-11-5-3-6-12-20)21-13-7-4-8-14-21/h3-17,23-24H,18H2,1-2H3/t24-,25+/m1/s1. The minimum absolute atomic E-state index is 0.102. The number of hydroxylamine groups is 2. The summed E-state index contributed by atoms with van der Waals surface area (Å²) in [5.41, 5.74) is 3.94. The molecule has 0 aromatic heterocycles. The number of carbonyl (C=O) groups excluding carboxylic acids is 1. The summed E-state index contributed by atoms with van der Waals surface area (Å²) < 4.78 is 0. The molecule has 142 valence electrons. The highest BCUT2D eigenvalue weighted by Crippen LogP contribution is 2.49. The summed E-state index contributed by atoms with van der Waals surface area (Å²) in [5, 5.41) is 2.02. The van der Waals surface area contributed by atoms with E-state index in [1.54, 1.807) is 0 Å². The highest BCUT2D eigenvalue weighted by Gasteiger charge is 2.49. The first-order valence-corrected chi connectivity index (χ1v) is 9.66. The normalized spacial score (nSPS) is 22.5. The predicted octanol–water partition coefficient (Wildman–Crippen LogP) is 5.28. The van der Waals surface area contributed by atoms with Crippen LogP contribution in [0.1, 0.15) is 41.3 Å². The van der Waals surface area contributed by atoms with E-state index in [-0.39, 0.29) is 12.1 Å². The molecule has 3 aromatic carbocycles. The van der Waals surface area contributed by atoms with E-state index in [2.05, 4.69) is 49.4 Å². The van der Waals surface area contributed by atoms with Gasteiger partial charge < -0.3 is 4.79 Å². The van der Waals surface area contributed by atoms with Crippen molar-refractivity contribution in [2.24, 2.45) is 5.41 Å². The van der Waals surface area contributed by atoms with Crippen LogP contribution in [0.25, 0.3) is 0 Å². The largest absolute Gasteiger partial charge is 0.303 e. The van der Waals surface area contributed by atoms with E-state index < -0.39 is 5.41 Å². The van der Waals surface area contributed by atoms with Crippen molar-refractivity contribution in [3.05, 3.63) is 107 Å². The average Bonchev–Trinajstić information content (AvgIpc) is 3.07. The molecule has 0 bridgehead atoms. The van der Waals surface area contributed by atoms with Crippen LogP contribution in [-0.2, 0) is 9.63 Å². The SMILES string of the molecule is Cc1cccc([C@H]2N(C(c3ccccc3)c3ccccc3)OC[C@]2(C)C=O)c1. The molecule has 0 spiro atoms. The van der Waals surface area contributed by atoms with Gasteiger partial charge in [-0.05, 0) is 30.5 Å². The van der Waals surface area contributed by atoms with E-state index >= 15 is 0 Å². The zero-order chi connectivity index (χ0) is 19.6. The van der Waals surface area contributed by atoms with E-state index in [4.69, 9.17) is 4.84 Å². The maximum atomic E-state index is 12.1. The Kier molecular flexibility index (Phi) is 5.12. The molecule has 1 heterocycles. The molecule has 3 aromatic rings. The van der Waals surface area contributed by atoms with Crippen LogP contribution in [0, 0.1) is 12.3 Å². The molecule has 2 atom stereocenters. The summed E-state index contributed by atoms with van der Waals surface area (Å²) in [4.78, 5) is 18.4. The maximum absolute atomic E-state index is 12.1. The van der Waals surface area contributed by atoms with Crippen LogP contribution in [-0.4, -0.2) is 18.0 Å². The molecule has 0 aliphatic carbocycles. The Labute approximate surface area is 166 Å². The van der Waals surface area contributed by atoms with Crippen molar-refractivity contribution in [3.8, 4) is 0 Å². The van der Waals surface area contributed by atoms with Gasteiger partial charge in [-0.15, -0.1) is 0 Å². The van der Waals surface area contributed by atoms with Gasteiger partial charge in [-0.1, -0.05) is 90.5 Å². The van der Waals surface area contributed by atoms with Gasteiger partial charge in [-0.3, -0.25) is 4.84 Å². The monoisotopic (exact) mass is 371 g/mol. The summed E-state index contributed by atoms with van der Waals surface area (Å²) in [6.45, 7) is 4.43. The number of rotatable bonds is 5. The third-order valence-electron chi connectivity index (χ3n) is 5.52. The number of hydrogen-bond donors (Lipinski definition) is 0. The number of carbonyl (C=O) groups is 1. The Morgan fingerprint density at radius 1 is 0.964 bits per heavy atom. The van der Waals surface area contributed by atoms with Gasteiger partial charge >= 0.3 is 0 Å². The number of benzene rings is 3. The fourth-order valence-corrected chi connectivity index (χ4v) is 4.10. The highest BCUT2D eigenvalue weighted by molar-refractivity contribution is 5.62. The van der Waals surface area contributed by atoms with Crippen molar-refractivity contribution in [3.63, 3.8) is 0 Å². The third kappa shape index (κ3) is 3.39. The molecule has 0 radical (unpaired) electrons.